The van der Waals surface area contributed by atoms with E-state index in [1.165, 1.54) is 69.0 Å². The molecule has 1 nitrogen and oxygen atoms in total. The average molecular weight is 375 g/mol. The fourth-order valence-electron chi connectivity index (χ4n) is 2.55. The van der Waals surface area contributed by atoms with Crippen LogP contribution in [0.3, 0.4) is 0 Å². The summed E-state index contributed by atoms with van der Waals surface area (Å²) < 4.78 is 2.35. The van der Waals surface area contributed by atoms with Gasteiger partial charge in [-0.2, -0.15) is 0 Å². The Bertz CT molecular complexity index is 316. The molecule has 0 aliphatic heterocycles. The second-order valence-electron chi connectivity index (χ2n) is 5.60. The first-order valence-corrected chi connectivity index (χ1v) is 7.69. The van der Waals surface area contributed by atoms with E-state index in [2.05, 4.69) is 43.8 Å². The number of halogens is 1. The summed E-state index contributed by atoms with van der Waals surface area (Å²) in [6.45, 7) is 7.81. The molecule has 110 valence electrons. The molecule has 0 N–H and O–H groups in total. The molecule has 0 amide bonds. The molecule has 1 aromatic heterocycles. The van der Waals surface area contributed by atoms with Crippen molar-refractivity contribution < 1.29 is 28.5 Å². The number of unbranched alkanes of at least 4 members (excludes halogenated alkanes) is 7. The van der Waals surface area contributed by atoms with Crippen molar-refractivity contribution in [2.45, 2.75) is 78.7 Å². The molecular weight excluding hydrogens is 345 g/mol. The zero-order valence-corrected chi connectivity index (χ0v) is 15.1. The Kier molecular flexibility index (Phi) is 11.6. The number of aromatic nitrogens is 1. The number of aryl methyl sites for hydroxylation is 3. The maximum atomic E-state index is 2.35. The van der Waals surface area contributed by atoms with Crippen LogP contribution >= 0.6 is 0 Å². The zero-order valence-electron chi connectivity index (χ0n) is 12.9. The first-order chi connectivity index (χ1) is 8.72. The molecule has 1 heterocycles. The van der Waals surface area contributed by atoms with Crippen molar-refractivity contribution in [3.63, 3.8) is 0 Å². The molecule has 0 spiro atoms. The highest BCUT2D eigenvalue weighted by Gasteiger charge is 2.02. The van der Waals surface area contributed by atoms with Gasteiger partial charge < -0.3 is 24.0 Å². The molecule has 2 heteroatoms. The molecule has 0 radical (unpaired) electrons. The molecule has 1 aromatic rings. The van der Waals surface area contributed by atoms with E-state index < -0.39 is 0 Å². The molecule has 0 unspecified atom stereocenters. The number of nitrogens with zero attached hydrogens (tertiary/aromatic N) is 1. The number of hydrogen-bond acceptors (Lipinski definition) is 0. The van der Waals surface area contributed by atoms with Crippen LogP contribution in [0.25, 0.3) is 0 Å². The first-order valence-electron chi connectivity index (χ1n) is 7.69. The van der Waals surface area contributed by atoms with E-state index in [0.29, 0.717) is 0 Å². The summed E-state index contributed by atoms with van der Waals surface area (Å²) in [6.07, 6.45) is 15.7. The van der Waals surface area contributed by atoms with Crippen molar-refractivity contribution in [2.24, 2.45) is 0 Å². The summed E-state index contributed by atoms with van der Waals surface area (Å²) in [6, 6.07) is 2.24. The van der Waals surface area contributed by atoms with Gasteiger partial charge in [-0.1, -0.05) is 45.4 Å². The van der Waals surface area contributed by atoms with E-state index in [-0.39, 0.29) is 24.0 Å². The number of rotatable bonds is 9. The van der Waals surface area contributed by atoms with Gasteiger partial charge >= 0.3 is 0 Å². The largest absolute Gasteiger partial charge is 1.00 e. The summed E-state index contributed by atoms with van der Waals surface area (Å²) in [5, 5.41) is 0. The highest BCUT2D eigenvalue weighted by Crippen LogP contribution is 2.08. The lowest BCUT2D eigenvalue weighted by Gasteiger charge is -2.01. The van der Waals surface area contributed by atoms with E-state index in [1.54, 1.807) is 0 Å². The van der Waals surface area contributed by atoms with Crippen LogP contribution in [0.1, 0.15) is 69.4 Å². The molecule has 1 rings (SSSR count). The summed E-state index contributed by atoms with van der Waals surface area (Å²) in [5.41, 5.74) is 2.74. The predicted octanol–water partition coefficient (Wildman–Crippen LogP) is 1.74. The van der Waals surface area contributed by atoms with Gasteiger partial charge in [0, 0.05) is 17.5 Å². The normalized spacial score (nSPS) is 10.3. The van der Waals surface area contributed by atoms with Gasteiger partial charge in [0.2, 0.25) is 0 Å². The van der Waals surface area contributed by atoms with Crippen molar-refractivity contribution >= 4 is 0 Å². The van der Waals surface area contributed by atoms with Crippen LogP contribution in [-0.4, -0.2) is 0 Å². The van der Waals surface area contributed by atoms with Crippen LogP contribution in [0, 0.1) is 13.8 Å². The SMILES string of the molecule is CCCCCCCCCC[n+]1cc(C)cc(C)c1.[I-]. The smallest absolute Gasteiger partial charge is 0.171 e. The Hall–Kier alpha value is -0.120. The van der Waals surface area contributed by atoms with Crippen LogP contribution in [0.2, 0.25) is 0 Å². The summed E-state index contributed by atoms with van der Waals surface area (Å²) in [4.78, 5) is 0. The van der Waals surface area contributed by atoms with Crippen LogP contribution in [0.4, 0.5) is 0 Å². The first kappa shape index (κ1) is 18.9. The van der Waals surface area contributed by atoms with Crippen LogP contribution < -0.4 is 28.5 Å². The Morgan fingerprint density at radius 2 is 1.26 bits per heavy atom. The third-order valence-corrected chi connectivity index (χ3v) is 3.46. The number of pyridine rings is 1. The zero-order chi connectivity index (χ0) is 13.2. The Morgan fingerprint density at radius 3 is 1.79 bits per heavy atom. The predicted molar refractivity (Wildman–Crippen MR) is 78.7 cm³/mol. The van der Waals surface area contributed by atoms with Crippen molar-refractivity contribution in [3.05, 3.63) is 29.6 Å². The highest BCUT2D eigenvalue weighted by molar-refractivity contribution is 5.11. The van der Waals surface area contributed by atoms with Crippen molar-refractivity contribution in [1.29, 1.82) is 0 Å². The van der Waals surface area contributed by atoms with Gasteiger partial charge in [-0.05, 0) is 26.3 Å². The summed E-state index contributed by atoms with van der Waals surface area (Å²) in [5.74, 6) is 0. The minimum absolute atomic E-state index is 0. The minimum Gasteiger partial charge on any atom is -1.00 e. The summed E-state index contributed by atoms with van der Waals surface area (Å²) in [7, 11) is 0. The molecule has 0 aliphatic rings. The van der Waals surface area contributed by atoms with Gasteiger partial charge in [0.25, 0.3) is 0 Å². The van der Waals surface area contributed by atoms with Gasteiger partial charge in [0.05, 0.1) is 0 Å². The molecule has 0 aliphatic carbocycles. The Labute approximate surface area is 136 Å². The lowest BCUT2D eigenvalue weighted by molar-refractivity contribution is -0.698. The van der Waals surface area contributed by atoms with E-state index in [9.17, 15) is 0 Å². The number of hydrogen-bond donors (Lipinski definition) is 0. The molecule has 0 saturated carbocycles. The molecule has 19 heavy (non-hydrogen) atoms. The second kappa shape index (κ2) is 11.7. The monoisotopic (exact) mass is 375 g/mol. The third kappa shape index (κ3) is 9.42. The highest BCUT2D eigenvalue weighted by atomic mass is 127. The lowest BCUT2D eigenvalue weighted by Crippen LogP contribution is -3.00. The minimum atomic E-state index is 0. The lowest BCUT2D eigenvalue weighted by atomic mass is 10.1. The van der Waals surface area contributed by atoms with Gasteiger partial charge in [-0.25, -0.2) is 4.57 Å². The maximum absolute atomic E-state index is 2.35. The van der Waals surface area contributed by atoms with Crippen molar-refractivity contribution in [3.8, 4) is 0 Å². The van der Waals surface area contributed by atoms with Crippen molar-refractivity contribution in [1.82, 2.24) is 0 Å². The molecule has 0 aromatic carbocycles. The maximum Gasteiger partial charge on any atom is 0.171 e. The van der Waals surface area contributed by atoms with Gasteiger partial charge in [-0.3, -0.25) is 0 Å². The molecule has 0 saturated heterocycles. The van der Waals surface area contributed by atoms with E-state index in [0.717, 1.165) is 0 Å². The van der Waals surface area contributed by atoms with E-state index >= 15 is 0 Å². The topological polar surface area (TPSA) is 3.88 Å². The van der Waals surface area contributed by atoms with E-state index in [1.807, 2.05) is 0 Å². The van der Waals surface area contributed by atoms with Crippen LogP contribution in [0.15, 0.2) is 18.5 Å². The molecule has 0 atom stereocenters. The van der Waals surface area contributed by atoms with Crippen LogP contribution in [0.5, 0.6) is 0 Å². The Morgan fingerprint density at radius 1 is 0.789 bits per heavy atom. The fraction of sp³-hybridized carbons (Fsp3) is 0.706. The second-order valence-corrected chi connectivity index (χ2v) is 5.60. The fourth-order valence-corrected chi connectivity index (χ4v) is 2.55. The molecular formula is C17H30IN. The van der Waals surface area contributed by atoms with Gasteiger partial charge in [0.15, 0.2) is 12.4 Å². The van der Waals surface area contributed by atoms with E-state index in [4.69, 9.17) is 0 Å². The Balaban J connectivity index is 0.00000324. The van der Waals surface area contributed by atoms with Crippen LogP contribution in [-0.2, 0) is 6.54 Å². The quantitative estimate of drug-likeness (QED) is 0.352. The summed E-state index contributed by atoms with van der Waals surface area (Å²) >= 11 is 0. The molecule has 0 bridgehead atoms. The van der Waals surface area contributed by atoms with Gasteiger partial charge in [-0.15, -0.1) is 0 Å². The average Bonchev–Trinajstić information content (AvgIpc) is 2.31. The standard InChI is InChI=1S/C17H30N.HI/c1-4-5-6-7-8-9-10-11-12-18-14-16(2)13-17(3)15-18;/h13-15H,4-12H2,1-3H3;1H/q+1;/p-1. The third-order valence-electron chi connectivity index (χ3n) is 3.46. The van der Waals surface area contributed by atoms with Crippen molar-refractivity contribution in [2.75, 3.05) is 0 Å². The molecule has 0 fully saturated rings. The van der Waals surface area contributed by atoms with Gasteiger partial charge in [0.1, 0.15) is 6.54 Å².